The number of carbonyl (C=O) groups is 2. The van der Waals surface area contributed by atoms with Crippen molar-refractivity contribution >= 4 is 34.2 Å². The van der Waals surface area contributed by atoms with Crippen LogP contribution in [0.15, 0.2) is 83.3 Å². The van der Waals surface area contributed by atoms with E-state index in [0.717, 1.165) is 5.39 Å². The molecule has 0 spiro atoms. The Morgan fingerprint density at radius 1 is 0.742 bits per heavy atom. The van der Waals surface area contributed by atoms with Crippen LogP contribution in [0, 0.1) is 0 Å². The smallest absolute Gasteiger partial charge is 0.291 e. The lowest BCUT2D eigenvalue weighted by atomic mass is 9.87. The Kier molecular flexibility index (Phi) is 5.34. The maximum absolute atomic E-state index is 12.5. The predicted molar refractivity (Wildman–Crippen MR) is 124 cm³/mol. The molecule has 1 aromatic heterocycles. The number of fused-ring (bicyclic) bond motifs is 1. The summed E-state index contributed by atoms with van der Waals surface area (Å²) < 4.78 is 5.59. The molecule has 0 bridgehead atoms. The molecule has 0 unspecified atom stereocenters. The summed E-state index contributed by atoms with van der Waals surface area (Å²) in [5, 5.41) is 6.56. The van der Waals surface area contributed by atoms with E-state index >= 15 is 0 Å². The normalized spacial score (nSPS) is 11.3. The molecule has 0 fully saturated rings. The summed E-state index contributed by atoms with van der Waals surface area (Å²) in [6, 6.07) is 23.8. The van der Waals surface area contributed by atoms with Gasteiger partial charge in [-0.25, -0.2) is 0 Å². The van der Waals surface area contributed by atoms with Crippen molar-refractivity contribution in [2.75, 3.05) is 10.6 Å². The average Bonchev–Trinajstić information content (AvgIpc) is 3.19. The summed E-state index contributed by atoms with van der Waals surface area (Å²) >= 11 is 0. The minimum absolute atomic E-state index is 0.0393. The van der Waals surface area contributed by atoms with Gasteiger partial charge in [-0.3, -0.25) is 9.59 Å². The molecule has 4 rings (SSSR count). The van der Waals surface area contributed by atoms with Gasteiger partial charge in [-0.05, 0) is 59.5 Å². The molecule has 5 nitrogen and oxygen atoms in total. The second-order valence-electron chi connectivity index (χ2n) is 8.46. The molecule has 0 saturated carbocycles. The summed E-state index contributed by atoms with van der Waals surface area (Å²) in [5.74, 6) is -0.260. The molecule has 0 atom stereocenters. The molecule has 0 aliphatic carbocycles. The zero-order valence-corrected chi connectivity index (χ0v) is 17.7. The molecule has 0 saturated heterocycles. The fraction of sp³-hybridized carbons (Fsp3) is 0.154. The Labute approximate surface area is 181 Å². The monoisotopic (exact) mass is 412 g/mol. The van der Waals surface area contributed by atoms with Gasteiger partial charge in [-0.1, -0.05) is 51.1 Å². The molecule has 3 aromatic carbocycles. The van der Waals surface area contributed by atoms with E-state index in [-0.39, 0.29) is 23.0 Å². The van der Waals surface area contributed by atoms with Crippen LogP contribution >= 0.6 is 0 Å². The number of para-hydroxylation sites is 1. The van der Waals surface area contributed by atoms with Crippen LogP contribution in [-0.4, -0.2) is 11.8 Å². The standard InChI is InChI=1S/C26H24N2O3/c1-26(2,3)19-10-8-17(9-11-19)24(29)27-20-12-14-21(15-13-20)28-25(30)23-16-18-6-4-5-7-22(18)31-23/h4-16H,1-3H3,(H,27,29)(H,28,30). The van der Waals surface area contributed by atoms with Gasteiger partial charge in [0.15, 0.2) is 5.76 Å². The molecule has 0 aliphatic heterocycles. The van der Waals surface area contributed by atoms with Gasteiger partial charge in [-0.15, -0.1) is 0 Å². The van der Waals surface area contributed by atoms with Crippen molar-refractivity contribution in [3.63, 3.8) is 0 Å². The Hall–Kier alpha value is -3.86. The van der Waals surface area contributed by atoms with Crippen LogP contribution in [0.1, 0.15) is 47.2 Å². The van der Waals surface area contributed by atoms with Crippen molar-refractivity contribution < 1.29 is 14.0 Å². The van der Waals surface area contributed by atoms with Gasteiger partial charge in [0.2, 0.25) is 0 Å². The summed E-state index contributed by atoms with van der Waals surface area (Å²) in [6.45, 7) is 6.41. The zero-order valence-electron chi connectivity index (χ0n) is 17.7. The minimum atomic E-state index is -0.327. The van der Waals surface area contributed by atoms with Crippen LogP contribution in [0.4, 0.5) is 11.4 Å². The van der Waals surface area contributed by atoms with Crippen molar-refractivity contribution in [3.05, 3.63) is 95.7 Å². The van der Waals surface area contributed by atoms with E-state index in [1.807, 2.05) is 48.5 Å². The molecule has 2 N–H and O–H groups in total. The number of hydrogen-bond donors (Lipinski definition) is 2. The summed E-state index contributed by atoms with van der Waals surface area (Å²) in [7, 11) is 0. The molecule has 1 heterocycles. The third-order valence-corrected chi connectivity index (χ3v) is 5.06. The van der Waals surface area contributed by atoms with Gasteiger partial charge in [0.25, 0.3) is 11.8 Å². The maximum atomic E-state index is 12.5. The van der Waals surface area contributed by atoms with Crippen LogP contribution in [0.25, 0.3) is 11.0 Å². The highest BCUT2D eigenvalue weighted by Gasteiger charge is 2.15. The number of carbonyl (C=O) groups excluding carboxylic acids is 2. The third-order valence-electron chi connectivity index (χ3n) is 5.06. The number of amides is 2. The Bertz CT molecular complexity index is 1200. The minimum Gasteiger partial charge on any atom is -0.451 e. The fourth-order valence-electron chi connectivity index (χ4n) is 3.25. The highest BCUT2D eigenvalue weighted by atomic mass is 16.3. The van der Waals surface area contributed by atoms with Gasteiger partial charge < -0.3 is 15.1 Å². The van der Waals surface area contributed by atoms with Crippen LogP contribution in [0.5, 0.6) is 0 Å². The van der Waals surface area contributed by atoms with Gasteiger partial charge in [0, 0.05) is 22.3 Å². The number of hydrogen-bond acceptors (Lipinski definition) is 3. The Balaban J connectivity index is 1.39. The quantitative estimate of drug-likeness (QED) is 0.417. The first-order valence-corrected chi connectivity index (χ1v) is 10.1. The SMILES string of the molecule is CC(C)(C)c1ccc(C(=O)Nc2ccc(NC(=O)c3cc4ccccc4o3)cc2)cc1. The highest BCUT2D eigenvalue weighted by molar-refractivity contribution is 6.06. The van der Waals surface area contributed by atoms with Crippen molar-refractivity contribution in [1.82, 2.24) is 0 Å². The van der Waals surface area contributed by atoms with Crippen LogP contribution in [0.2, 0.25) is 0 Å². The van der Waals surface area contributed by atoms with Crippen LogP contribution in [-0.2, 0) is 5.41 Å². The lowest BCUT2D eigenvalue weighted by Gasteiger charge is -2.19. The van der Waals surface area contributed by atoms with Crippen molar-refractivity contribution in [3.8, 4) is 0 Å². The maximum Gasteiger partial charge on any atom is 0.291 e. The summed E-state index contributed by atoms with van der Waals surface area (Å²) in [6.07, 6.45) is 0. The molecule has 5 heteroatoms. The van der Waals surface area contributed by atoms with Gasteiger partial charge in [-0.2, -0.15) is 0 Å². The predicted octanol–water partition coefficient (Wildman–Crippen LogP) is 6.23. The molecule has 0 aliphatic rings. The summed E-state index contributed by atoms with van der Waals surface area (Å²) in [4.78, 5) is 25.0. The fourth-order valence-corrected chi connectivity index (χ4v) is 3.25. The van der Waals surface area contributed by atoms with E-state index in [9.17, 15) is 9.59 Å². The average molecular weight is 412 g/mol. The van der Waals surface area contributed by atoms with E-state index in [1.165, 1.54) is 5.56 Å². The van der Waals surface area contributed by atoms with E-state index in [2.05, 4.69) is 31.4 Å². The third kappa shape index (κ3) is 4.67. The molecule has 4 aromatic rings. The molecule has 156 valence electrons. The second kappa shape index (κ2) is 8.11. The van der Waals surface area contributed by atoms with E-state index in [0.29, 0.717) is 22.5 Å². The summed E-state index contributed by atoms with van der Waals surface area (Å²) in [5.41, 5.74) is 3.73. The Morgan fingerprint density at radius 2 is 1.32 bits per heavy atom. The largest absolute Gasteiger partial charge is 0.451 e. The first-order valence-electron chi connectivity index (χ1n) is 10.1. The lowest BCUT2D eigenvalue weighted by molar-refractivity contribution is 0.0996. The number of anilines is 2. The van der Waals surface area contributed by atoms with Gasteiger partial charge in [0.05, 0.1) is 0 Å². The number of benzene rings is 3. The second-order valence-corrected chi connectivity index (χ2v) is 8.46. The first kappa shape index (κ1) is 20.4. The molecular formula is C26H24N2O3. The highest BCUT2D eigenvalue weighted by Crippen LogP contribution is 2.23. The van der Waals surface area contributed by atoms with E-state index in [1.54, 1.807) is 30.3 Å². The van der Waals surface area contributed by atoms with Crippen LogP contribution in [0.3, 0.4) is 0 Å². The number of furan rings is 1. The first-order chi connectivity index (χ1) is 14.8. The van der Waals surface area contributed by atoms with Crippen molar-refractivity contribution in [2.45, 2.75) is 26.2 Å². The van der Waals surface area contributed by atoms with Crippen molar-refractivity contribution in [1.29, 1.82) is 0 Å². The lowest BCUT2D eigenvalue weighted by Crippen LogP contribution is -2.14. The molecule has 31 heavy (non-hydrogen) atoms. The topological polar surface area (TPSA) is 71.3 Å². The van der Waals surface area contributed by atoms with Crippen molar-refractivity contribution in [2.24, 2.45) is 0 Å². The van der Waals surface area contributed by atoms with E-state index < -0.39 is 0 Å². The van der Waals surface area contributed by atoms with E-state index in [4.69, 9.17) is 4.42 Å². The Morgan fingerprint density at radius 3 is 1.90 bits per heavy atom. The molecule has 2 amide bonds. The molecular weight excluding hydrogens is 388 g/mol. The number of rotatable bonds is 4. The zero-order chi connectivity index (χ0) is 22.0. The van der Waals surface area contributed by atoms with Gasteiger partial charge in [0.1, 0.15) is 5.58 Å². The van der Waals surface area contributed by atoms with Crippen LogP contribution < -0.4 is 10.6 Å². The van der Waals surface area contributed by atoms with Gasteiger partial charge >= 0.3 is 0 Å². The number of nitrogens with one attached hydrogen (secondary N) is 2. The molecule has 0 radical (unpaired) electrons.